The second kappa shape index (κ2) is 10.4. The molecule has 160 valence electrons. The molecule has 1 atom stereocenters. The number of nitrogens with one attached hydrogen (secondary N) is 2. The van der Waals surface area contributed by atoms with E-state index in [9.17, 15) is 9.59 Å². The van der Waals surface area contributed by atoms with Crippen molar-refractivity contribution in [3.8, 4) is 17.2 Å². The van der Waals surface area contributed by atoms with Crippen molar-refractivity contribution in [2.75, 3.05) is 12.4 Å². The molecule has 3 rings (SSSR count). The highest BCUT2D eigenvalue weighted by Gasteiger charge is 2.19. The van der Waals surface area contributed by atoms with Crippen LogP contribution in [0.25, 0.3) is 0 Å². The summed E-state index contributed by atoms with van der Waals surface area (Å²) in [5.41, 5.74) is 6.43. The fourth-order valence-electron chi connectivity index (χ4n) is 3.01. The molecule has 3 amide bonds. The van der Waals surface area contributed by atoms with Gasteiger partial charge < -0.3 is 25.8 Å². The Balaban J connectivity index is 1.77. The van der Waals surface area contributed by atoms with Gasteiger partial charge in [0.15, 0.2) is 0 Å². The first-order valence-corrected chi connectivity index (χ1v) is 9.84. The van der Waals surface area contributed by atoms with E-state index in [-0.39, 0.29) is 12.3 Å². The van der Waals surface area contributed by atoms with Crippen molar-refractivity contribution in [1.82, 2.24) is 5.32 Å². The van der Waals surface area contributed by atoms with E-state index in [2.05, 4.69) is 10.6 Å². The maximum Gasteiger partial charge on any atom is 0.312 e. The largest absolute Gasteiger partial charge is 0.495 e. The summed E-state index contributed by atoms with van der Waals surface area (Å²) in [5, 5.41) is 5.82. The molecule has 4 N–H and O–H groups in total. The summed E-state index contributed by atoms with van der Waals surface area (Å²) in [6.45, 7) is 0. The molecule has 31 heavy (non-hydrogen) atoms. The van der Waals surface area contributed by atoms with Crippen LogP contribution in [0.5, 0.6) is 17.2 Å². The third kappa shape index (κ3) is 6.38. The molecule has 3 aromatic rings. The van der Waals surface area contributed by atoms with Crippen LogP contribution < -0.4 is 25.8 Å². The second-order valence-corrected chi connectivity index (χ2v) is 7.08. The number of hydrogen-bond donors (Lipinski definition) is 3. The van der Waals surface area contributed by atoms with Gasteiger partial charge in [-0.25, -0.2) is 4.79 Å². The van der Waals surface area contributed by atoms with Gasteiger partial charge in [-0.1, -0.05) is 41.9 Å². The molecular formula is C23H22ClN3O4. The van der Waals surface area contributed by atoms with Crippen molar-refractivity contribution in [3.63, 3.8) is 0 Å². The van der Waals surface area contributed by atoms with Gasteiger partial charge in [-0.3, -0.25) is 4.79 Å². The fourth-order valence-corrected chi connectivity index (χ4v) is 3.18. The number of halogens is 1. The van der Waals surface area contributed by atoms with Gasteiger partial charge in [0.1, 0.15) is 17.2 Å². The molecule has 0 saturated carbocycles. The lowest BCUT2D eigenvalue weighted by atomic mass is 10.0. The third-order valence-electron chi connectivity index (χ3n) is 4.38. The molecule has 0 fully saturated rings. The first-order valence-electron chi connectivity index (χ1n) is 9.47. The highest BCUT2D eigenvalue weighted by Crippen LogP contribution is 2.29. The molecule has 0 saturated heterocycles. The first-order chi connectivity index (χ1) is 14.9. The minimum atomic E-state index is -0.743. The number of primary amides is 1. The van der Waals surface area contributed by atoms with E-state index in [1.165, 1.54) is 7.11 Å². The highest BCUT2D eigenvalue weighted by atomic mass is 35.5. The summed E-state index contributed by atoms with van der Waals surface area (Å²) < 4.78 is 11.1. The lowest BCUT2D eigenvalue weighted by Crippen LogP contribution is -2.35. The van der Waals surface area contributed by atoms with Gasteiger partial charge in [-0.05, 0) is 48.0 Å². The molecule has 0 aromatic heterocycles. The Hall–Kier alpha value is -3.71. The molecule has 0 radical (unpaired) electrons. The van der Waals surface area contributed by atoms with Crippen molar-refractivity contribution in [2.45, 2.75) is 12.5 Å². The van der Waals surface area contributed by atoms with Gasteiger partial charge >= 0.3 is 6.03 Å². The number of hydrogen-bond acceptors (Lipinski definition) is 4. The number of amides is 3. The zero-order valence-corrected chi connectivity index (χ0v) is 17.6. The normalized spacial score (nSPS) is 11.3. The summed E-state index contributed by atoms with van der Waals surface area (Å²) in [6, 6.07) is 19.9. The standard InChI is InChI=1S/C23H22ClN3O4/c1-30-21-11-10-16(24)13-20(21)26-22(28)14-19(27-23(25)29)15-6-5-9-18(12-15)31-17-7-3-2-4-8-17/h2-13,19H,14H2,1H3,(H,26,28)(H3,25,27,29)/t19-/m0/s1. The Morgan fingerprint density at radius 1 is 1.00 bits per heavy atom. The third-order valence-corrected chi connectivity index (χ3v) is 4.62. The average molecular weight is 440 g/mol. The fraction of sp³-hybridized carbons (Fsp3) is 0.130. The van der Waals surface area contributed by atoms with Crippen molar-refractivity contribution >= 4 is 29.2 Å². The molecule has 0 heterocycles. The van der Waals surface area contributed by atoms with Crippen LogP contribution in [-0.2, 0) is 4.79 Å². The van der Waals surface area contributed by atoms with Crippen LogP contribution in [0, 0.1) is 0 Å². The molecule has 0 spiro atoms. The van der Waals surface area contributed by atoms with Crippen LogP contribution in [-0.4, -0.2) is 19.0 Å². The zero-order chi connectivity index (χ0) is 22.2. The lowest BCUT2D eigenvalue weighted by molar-refractivity contribution is -0.116. The molecule has 3 aromatic carbocycles. The summed E-state index contributed by atoms with van der Waals surface area (Å²) in [4.78, 5) is 24.3. The van der Waals surface area contributed by atoms with Gasteiger partial charge in [-0.15, -0.1) is 0 Å². The number of carbonyl (C=O) groups is 2. The highest BCUT2D eigenvalue weighted by molar-refractivity contribution is 6.31. The van der Waals surface area contributed by atoms with E-state index in [0.717, 1.165) is 0 Å². The summed E-state index contributed by atoms with van der Waals surface area (Å²) in [6.07, 6.45) is -0.0621. The molecule has 0 bridgehead atoms. The Labute approximate surface area is 185 Å². The number of benzene rings is 3. The predicted molar refractivity (Wildman–Crippen MR) is 120 cm³/mol. The second-order valence-electron chi connectivity index (χ2n) is 6.65. The van der Waals surface area contributed by atoms with Crippen molar-refractivity contribution in [1.29, 1.82) is 0 Å². The average Bonchev–Trinajstić information content (AvgIpc) is 2.74. The van der Waals surface area contributed by atoms with Crippen LogP contribution in [0.1, 0.15) is 18.0 Å². The number of urea groups is 1. The van der Waals surface area contributed by atoms with Gasteiger partial charge in [0, 0.05) is 5.02 Å². The zero-order valence-electron chi connectivity index (χ0n) is 16.8. The van der Waals surface area contributed by atoms with E-state index < -0.39 is 12.1 Å². The number of para-hydroxylation sites is 1. The number of carbonyl (C=O) groups excluding carboxylic acids is 2. The molecule has 0 unspecified atom stereocenters. The Kier molecular flexibility index (Phi) is 7.35. The van der Waals surface area contributed by atoms with Gasteiger partial charge in [-0.2, -0.15) is 0 Å². The van der Waals surface area contributed by atoms with E-state index in [1.807, 2.05) is 30.3 Å². The van der Waals surface area contributed by atoms with E-state index in [0.29, 0.717) is 33.5 Å². The van der Waals surface area contributed by atoms with E-state index >= 15 is 0 Å². The van der Waals surface area contributed by atoms with Gasteiger partial charge in [0.25, 0.3) is 0 Å². The minimum absolute atomic E-state index is 0.0621. The van der Waals surface area contributed by atoms with Crippen molar-refractivity contribution < 1.29 is 19.1 Å². The molecule has 7 nitrogen and oxygen atoms in total. The number of ether oxygens (including phenoxy) is 2. The maximum absolute atomic E-state index is 12.7. The van der Waals surface area contributed by atoms with Crippen LogP contribution in [0.4, 0.5) is 10.5 Å². The minimum Gasteiger partial charge on any atom is -0.495 e. The maximum atomic E-state index is 12.7. The van der Waals surface area contributed by atoms with E-state index in [4.69, 9.17) is 26.8 Å². The Bertz CT molecular complexity index is 1060. The monoisotopic (exact) mass is 439 g/mol. The SMILES string of the molecule is COc1ccc(Cl)cc1NC(=O)C[C@H](NC(N)=O)c1cccc(Oc2ccccc2)c1. The lowest BCUT2D eigenvalue weighted by Gasteiger charge is -2.19. The van der Waals surface area contributed by atoms with Crippen molar-refractivity contribution in [3.05, 3.63) is 83.4 Å². The number of methoxy groups -OCH3 is 1. The van der Waals surface area contributed by atoms with E-state index in [1.54, 1.807) is 42.5 Å². The molecular weight excluding hydrogens is 418 g/mol. The summed E-state index contributed by atoms with van der Waals surface area (Å²) in [7, 11) is 1.49. The van der Waals surface area contributed by atoms with Crippen LogP contribution in [0.3, 0.4) is 0 Å². The summed E-state index contributed by atoms with van der Waals surface area (Å²) in [5.74, 6) is 1.35. The molecule has 8 heteroatoms. The summed E-state index contributed by atoms with van der Waals surface area (Å²) >= 11 is 6.02. The Morgan fingerprint density at radius 2 is 1.74 bits per heavy atom. The molecule has 0 aliphatic rings. The number of nitrogens with two attached hydrogens (primary N) is 1. The predicted octanol–water partition coefficient (Wildman–Crippen LogP) is 4.88. The van der Waals surface area contributed by atoms with Crippen LogP contribution in [0.2, 0.25) is 5.02 Å². The quantitative estimate of drug-likeness (QED) is 0.465. The van der Waals surface area contributed by atoms with Crippen LogP contribution >= 0.6 is 11.6 Å². The van der Waals surface area contributed by atoms with Crippen molar-refractivity contribution in [2.24, 2.45) is 5.73 Å². The van der Waals surface area contributed by atoms with Crippen LogP contribution in [0.15, 0.2) is 72.8 Å². The van der Waals surface area contributed by atoms with Gasteiger partial charge in [0.2, 0.25) is 5.91 Å². The Morgan fingerprint density at radius 3 is 2.45 bits per heavy atom. The smallest absolute Gasteiger partial charge is 0.312 e. The number of anilines is 1. The topological polar surface area (TPSA) is 103 Å². The molecule has 0 aliphatic heterocycles. The number of rotatable bonds is 8. The first kappa shape index (κ1) is 22.0. The van der Waals surface area contributed by atoms with Gasteiger partial charge in [0.05, 0.1) is 25.3 Å². The molecule has 0 aliphatic carbocycles.